The van der Waals surface area contributed by atoms with Crippen LogP contribution in [-0.2, 0) is 6.54 Å². The second kappa shape index (κ2) is 7.59. The minimum Gasteiger partial charge on any atom is -0.456 e. The molecule has 7 nitrogen and oxygen atoms in total. The predicted molar refractivity (Wildman–Crippen MR) is 119 cm³/mol. The summed E-state index contributed by atoms with van der Waals surface area (Å²) >= 11 is 6.57. The molecule has 1 aliphatic rings. The van der Waals surface area contributed by atoms with Crippen LogP contribution in [0.1, 0.15) is 12.8 Å². The highest BCUT2D eigenvalue weighted by molar-refractivity contribution is 6.36. The molecule has 4 N–H and O–H groups in total. The van der Waals surface area contributed by atoms with Crippen LogP contribution in [0.3, 0.4) is 0 Å². The van der Waals surface area contributed by atoms with E-state index in [1.807, 2.05) is 0 Å². The van der Waals surface area contributed by atoms with Gasteiger partial charge in [0.25, 0.3) is 0 Å². The van der Waals surface area contributed by atoms with Gasteiger partial charge in [0.1, 0.15) is 22.0 Å². The lowest BCUT2D eigenvalue weighted by Crippen LogP contribution is -2.37. The Morgan fingerprint density at radius 2 is 1.94 bits per heavy atom. The monoisotopic (exact) mass is 456 g/mol. The second-order valence-corrected chi connectivity index (χ2v) is 8.35. The summed E-state index contributed by atoms with van der Waals surface area (Å²) in [6.45, 7) is 0.445. The van der Waals surface area contributed by atoms with E-state index in [1.54, 1.807) is 53.6 Å². The summed E-state index contributed by atoms with van der Waals surface area (Å²) < 4.78 is 33.7. The van der Waals surface area contributed by atoms with Gasteiger partial charge >= 0.3 is 0 Å². The van der Waals surface area contributed by atoms with Gasteiger partial charge in [0.2, 0.25) is 5.92 Å². The summed E-state index contributed by atoms with van der Waals surface area (Å²) in [6, 6.07) is 8.43. The molecule has 1 aliphatic carbocycles. The van der Waals surface area contributed by atoms with Gasteiger partial charge in [-0.2, -0.15) is 5.10 Å². The highest BCUT2D eigenvalue weighted by Gasteiger charge is 2.45. The molecule has 0 radical (unpaired) electrons. The molecule has 2 aromatic carbocycles. The average Bonchev–Trinajstić information content (AvgIpc) is 3.20. The fourth-order valence-corrected chi connectivity index (χ4v) is 4.00. The normalized spacial score (nSPS) is 15.6. The smallest absolute Gasteiger partial charge is 0.248 e. The van der Waals surface area contributed by atoms with Gasteiger partial charge in [0.15, 0.2) is 0 Å². The van der Waals surface area contributed by atoms with Crippen LogP contribution in [0.4, 0.5) is 20.2 Å². The number of benzene rings is 2. The topological polar surface area (TPSA) is 105 Å². The Hall–Kier alpha value is -3.46. The van der Waals surface area contributed by atoms with Crippen LogP contribution in [0.5, 0.6) is 11.5 Å². The zero-order valence-electron chi connectivity index (χ0n) is 16.8. The summed E-state index contributed by atoms with van der Waals surface area (Å²) in [5.41, 5.74) is 14.8. The maximum Gasteiger partial charge on any atom is 0.248 e. The first-order chi connectivity index (χ1) is 15.3. The lowest BCUT2D eigenvalue weighted by atomic mass is 9.81. The third-order valence-corrected chi connectivity index (χ3v) is 5.82. The third kappa shape index (κ3) is 3.91. The van der Waals surface area contributed by atoms with Crippen molar-refractivity contribution in [2.45, 2.75) is 25.3 Å². The largest absolute Gasteiger partial charge is 0.456 e. The standard InChI is InChI=1S/C22H19ClF2N6O/c23-20-19(32-14-1-2-15(26)16(27)5-14)4-3-17-21(20)30-18(9-28-17)13-8-29-31(11-13)10-12-6-22(24,25)7-12/h1-5,8-9,11-12H,6-7,10,26-27H2. The molecule has 0 unspecified atom stereocenters. The number of nitrogen functional groups attached to an aromatic ring is 2. The van der Waals surface area contributed by atoms with Crippen LogP contribution in [0.2, 0.25) is 5.02 Å². The van der Waals surface area contributed by atoms with Crippen molar-refractivity contribution in [3.8, 4) is 22.8 Å². The van der Waals surface area contributed by atoms with Crippen molar-refractivity contribution < 1.29 is 13.5 Å². The van der Waals surface area contributed by atoms with Gasteiger partial charge in [-0.15, -0.1) is 0 Å². The van der Waals surface area contributed by atoms with Crippen LogP contribution in [0.25, 0.3) is 22.3 Å². The lowest BCUT2D eigenvalue weighted by molar-refractivity contribution is -0.114. The Morgan fingerprint density at radius 1 is 1.12 bits per heavy atom. The van der Waals surface area contributed by atoms with Gasteiger partial charge in [-0.25, -0.2) is 13.8 Å². The third-order valence-electron chi connectivity index (χ3n) is 5.45. The van der Waals surface area contributed by atoms with Crippen LogP contribution in [-0.4, -0.2) is 25.7 Å². The van der Waals surface area contributed by atoms with Crippen molar-refractivity contribution in [2.75, 3.05) is 11.5 Å². The van der Waals surface area contributed by atoms with Crippen molar-refractivity contribution >= 4 is 34.0 Å². The number of alkyl halides is 2. The Balaban J connectivity index is 1.41. The first-order valence-corrected chi connectivity index (χ1v) is 10.3. The van der Waals surface area contributed by atoms with E-state index in [0.29, 0.717) is 51.2 Å². The highest BCUT2D eigenvalue weighted by atomic mass is 35.5. The first-order valence-electron chi connectivity index (χ1n) is 9.96. The lowest BCUT2D eigenvalue weighted by Gasteiger charge is -2.34. The summed E-state index contributed by atoms with van der Waals surface area (Å²) in [4.78, 5) is 9.07. The minimum absolute atomic E-state index is 0.0723. The number of anilines is 2. The molecule has 10 heteroatoms. The van der Waals surface area contributed by atoms with E-state index in [1.165, 1.54) is 0 Å². The molecule has 164 valence electrons. The maximum absolute atomic E-state index is 13.1. The van der Waals surface area contributed by atoms with Crippen LogP contribution < -0.4 is 16.2 Å². The van der Waals surface area contributed by atoms with Gasteiger partial charge in [-0.3, -0.25) is 9.67 Å². The number of aromatic nitrogens is 4. The van der Waals surface area contributed by atoms with Gasteiger partial charge in [-0.1, -0.05) is 11.6 Å². The number of hydrogen-bond acceptors (Lipinski definition) is 6. The summed E-state index contributed by atoms with van der Waals surface area (Å²) in [5, 5.41) is 4.58. The molecule has 2 aromatic heterocycles. The van der Waals surface area contributed by atoms with E-state index < -0.39 is 5.92 Å². The van der Waals surface area contributed by atoms with Crippen molar-refractivity contribution in [3.05, 3.63) is 53.9 Å². The number of nitrogens with zero attached hydrogens (tertiary/aromatic N) is 4. The Labute approximate surface area is 187 Å². The van der Waals surface area contributed by atoms with Gasteiger partial charge in [0, 0.05) is 37.2 Å². The average molecular weight is 457 g/mol. The quantitative estimate of drug-likeness (QED) is 0.402. The number of nitrogens with two attached hydrogens (primary N) is 2. The van der Waals surface area contributed by atoms with E-state index in [0.717, 1.165) is 5.56 Å². The summed E-state index contributed by atoms with van der Waals surface area (Å²) in [7, 11) is 0. The van der Waals surface area contributed by atoms with Gasteiger partial charge < -0.3 is 16.2 Å². The Kier molecular flexibility index (Phi) is 4.85. The molecule has 4 aromatic rings. The molecule has 2 heterocycles. The molecule has 0 atom stereocenters. The molecular weight excluding hydrogens is 438 g/mol. The number of hydrogen-bond donors (Lipinski definition) is 2. The second-order valence-electron chi connectivity index (χ2n) is 7.97. The fraction of sp³-hybridized carbons (Fsp3) is 0.227. The summed E-state index contributed by atoms with van der Waals surface area (Å²) in [6.07, 6.45) is 4.83. The van der Waals surface area contributed by atoms with E-state index in [2.05, 4.69) is 15.1 Å². The maximum atomic E-state index is 13.1. The van der Waals surface area contributed by atoms with Gasteiger partial charge in [0.05, 0.1) is 35.0 Å². The van der Waals surface area contributed by atoms with Crippen molar-refractivity contribution in [3.63, 3.8) is 0 Å². The number of fused-ring (bicyclic) bond motifs is 1. The SMILES string of the molecule is Nc1ccc(Oc2ccc3ncc(-c4cnn(CC5CC(F)(F)C5)c4)nc3c2Cl)cc1N. The molecule has 1 fully saturated rings. The molecule has 1 saturated carbocycles. The van der Waals surface area contributed by atoms with E-state index in [4.69, 9.17) is 27.8 Å². The van der Waals surface area contributed by atoms with Crippen molar-refractivity contribution in [2.24, 2.45) is 5.92 Å². The van der Waals surface area contributed by atoms with E-state index in [9.17, 15) is 8.78 Å². The van der Waals surface area contributed by atoms with Crippen molar-refractivity contribution in [1.82, 2.24) is 19.7 Å². The summed E-state index contributed by atoms with van der Waals surface area (Å²) in [5.74, 6) is -1.72. The van der Waals surface area contributed by atoms with Crippen LogP contribution >= 0.6 is 11.6 Å². The van der Waals surface area contributed by atoms with E-state index >= 15 is 0 Å². The molecule has 5 rings (SSSR count). The molecule has 0 aliphatic heterocycles. The van der Waals surface area contributed by atoms with Crippen LogP contribution in [0.15, 0.2) is 48.9 Å². The number of rotatable bonds is 5. The number of ether oxygens (including phenoxy) is 1. The molecule has 32 heavy (non-hydrogen) atoms. The predicted octanol–water partition coefficient (Wildman–Crippen LogP) is 5.15. The minimum atomic E-state index is -2.54. The molecular formula is C22H19ClF2N6O. The molecule has 0 amide bonds. The Morgan fingerprint density at radius 3 is 2.69 bits per heavy atom. The Bertz CT molecular complexity index is 1320. The molecule has 0 spiro atoms. The van der Waals surface area contributed by atoms with E-state index in [-0.39, 0.29) is 18.8 Å². The van der Waals surface area contributed by atoms with Crippen molar-refractivity contribution in [1.29, 1.82) is 0 Å². The molecule has 0 bridgehead atoms. The van der Waals surface area contributed by atoms with Gasteiger partial charge in [-0.05, 0) is 30.2 Å². The number of halogens is 3. The zero-order valence-corrected chi connectivity index (χ0v) is 17.6. The zero-order chi connectivity index (χ0) is 22.5. The first kappa shape index (κ1) is 20.4. The fourth-order valence-electron chi connectivity index (χ4n) is 3.76. The molecule has 0 saturated heterocycles. The highest BCUT2D eigenvalue weighted by Crippen LogP contribution is 2.43. The van der Waals surface area contributed by atoms with Crippen LogP contribution in [0, 0.1) is 5.92 Å².